The molecular formula is C10H12N4OS. The zero-order chi connectivity index (χ0) is 11.5. The maximum Gasteiger partial charge on any atom is 0.242 e. The number of anilines is 1. The molecule has 1 aliphatic rings. The van der Waals surface area contributed by atoms with Crippen molar-refractivity contribution in [2.75, 3.05) is 11.9 Å². The number of nitrogens with one attached hydrogen (secondary N) is 2. The van der Waals surface area contributed by atoms with Gasteiger partial charge in [-0.3, -0.25) is 4.79 Å². The number of hydrogen-bond acceptors (Lipinski definition) is 5. The molecule has 0 aliphatic carbocycles. The minimum absolute atomic E-state index is 0.00110. The Bertz CT molecular complexity index is 448. The molecule has 2 heterocycles. The molecule has 0 saturated carbocycles. The van der Waals surface area contributed by atoms with Crippen molar-refractivity contribution in [2.24, 2.45) is 0 Å². The zero-order valence-corrected chi connectivity index (χ0v) is 9.73. The van der Waals surface area contributed by atoms with Gasteiger partial charge in [0.15, 0.2) is 0 Å². The molecule has 2 rings (SSSR count). The molecule has 6 heteroatoms. The van der Waals surface area contributed by atoms with E-state index < -0.39 is 0 Å². The van der Waals surface area contributed by atoms with Crippen molar-refractivity contribution in [3.8, 4) is 6.07 Å². The third-order valence-electron chi connectivity index (χ3n) is 2.57. The van der Waals surface area contributed by atoms with Gasteiger partial charge in [-0.05, 0) is 31.3 Å². The SMILES string of the molecule is Cc1nsc(NC2CCCNC2=O)c1C#N. The lowest BCUT2D eigenvalue weighted by Crippen LogP contribution is -2.44. The maximum absolute atomic E-state index is 11.5. The second-order valence-corrected chi connectivity index (χ2v) is 4.49. The van der Waals surface area contributed by atoms with Crippen LogP contribution in [0.3, 0.4) is 0 Å². The van der Waals surface area contributed by atoms with Crippen LogP contribution in [-0.4, -0.2) is 22.9 Å². The number of amides is 1. The molecule has 2 N–H and O–H groups in total. The molecule has 1 atom stereocenters. The van der Waals surface area contributed by atoms with Crippen molar-refractivity contribution in [2.45, 2.75) is 25.8 Å². The standard InChI is InChI=1S/C10H12N4OS/c1-6-7(5-11)10(16-14-6)13-8-3-2-4-12-9(8)15/h8,13H,2-4H2,1H3,(H,12,15). The van der Waals surface area contributed by atoms with Crippen LogP contribution in [0.5, 0.6) is 0 Å². The van der Waals surface area contributed by atoms with Gasteiger partial charge in [-0.2, -0.15) is 9.64 Å². The average Bonchev–Trinajstić information content (AvgIpc) is 2.63. The van der Waals surface area contributed by atoms with Crippen LogP contribution in [0.1, 0.15) is 24.1 Å². The van der Waals surface area contributed by atoms with Crippen LogP contribution in [0.25, 0.3) is 0 Å². The molecule has 84 valence electrons. The van der Waals surface area contributed by atoms with Gasteiger partial charge in [-0.25, -0.2) is 0 Å². The first-order valence-corrected chi connectivity index (χ1v) is 5.90. The number of nitriles is 1. The fourth-order valence-electron chi connectivity index (χ4n) is 1.67. The Labute approximate surface area is 97.6 Å². The summed E-state index contributed by atoms with van der Waals surface area (Å²) in [5.41, 5.74) is 1.26. The Hall–Kier alpha value is -1.61. The summed E-state index contributed by atoms with van der Waals surface area (Å²) in [5.74, 6) is 0.00110. The maximum atomic E-state index is 11.5. The van der Waals surface area contributed by atoms with Crippen molar-refractivity contribution in [3.05, 3.63) is 11.3 Å². The Kier molecular flexibility index (Phi) is 3.06. The summed E-state index contributed by atoms with van der Waals surface area (Å²) in [6.07, 6.45) is 1.76. The molecule has 1 aromatic heterocycles. The second kappa shape index (κ2) is 4.49. The van der Waals surface area contributed by atoms with E-state index in [1.165, 1.54) is 11.5 Å². The van der Waals surface area contributed by atoms with Crippen molar-refractivity contribution in [1.82, 2.24) is 9.69 Å². The lowest BCUT2D eigenvalue weighted by atomic mass is 10.1. The van der Waals surface area contributed by atoms with Crippen LogP contribution < -0.4 is 10.6 Å². The van der Waals surface area contributed by atoms with E-state index in [2.05, 4.69) is 21.1 Å². The quantitative estimate of drug-likeness (QED) is 0.803. The van der Waals surface area contributed by atoms with E-state index in [1.807, 2.05) is 0 Å². The van der Waals surface area contributed by atoms with E-state index in [0.29, 0.717) is 16.3 Å². The number of aryl methyl sites for hydroxylation is 1. The fourth-order valence-corrected chi connectivity index (χ4v) is 2.47. The van der Waals surface area contributed by atoms with Gasteiger partial charge >= 0.3 is 0 Å². The number of piperidine rings is 1. The van der Waals surface area contributed by atoms with Crippen LogP contribution in [0.4, 0.5) is 5.00 Å². The molecule has 0 bridgehead atoms. The number of rotatable bonds is 2. The summed E-state index contributed by atoms with van der Waals surface area (Å²) in [6, 6.07) is 1.87. The molecule has 0 spiro atoms. The Morgan fingerprint density at radius 2 is 2.50 bits per heavy atom. The molecule has 1 unspecified atom stereocenters. The highest BCUT2D eigenvalue weighted by Crippen LogP contribution is 2.25. The monoisotopic (exact) mass is 236 g/mol. The smallest absolute Gasteiger partial charge is 0.242 e. The van der Waals surface area contributed by atoms with Crippen LogP contribution >= 0.6 is 11.5 Å². The zero-order valence-electron chi connectivity index (χ0n) is 8.91. The molecule has 1 saturated heterocycles. The summed E-state index contributed by atoms with van der Waals surface area (Å²) in [5, 5.41) is 15.5. The summed E-state index contributed by atoms with van der Waals surface area (Å²) in [6.45, 7) is 2.53. The van der Waals surface area contributed by atoms with E-state index >= 15 is 0 Å². The second-order valence-electron chi connectivity index (χ2n) is 3.71. The Balaban J connectivity index is 2.14. The predicted molar refractivity (Wildman–Crippen MR) is 61.2 cm³/mol. The van der Waals surface area contributed by atoms with E-state index in [0.717, 1.165) is 19.4 Å². The van der Waals surface area contributed by atoms with E-state index in [1.54, 1.807) is 6.92 Å². The number of carbonyl (C=O) groups excluding carboxylic acids is 1. The summed E-state index contributed by atoms with van der Waals surface area (Å²) in [7, 11) is 0. The van der Waals surface area contributed by atoms with Crippen molar-refractivity contribution >= 4 is 22.4 Å². The minimum atomic E-state index is -0.235. The van der Waals surface area contributed by atoms with Crippen molar-refractivity contribution in [3.63, 3.8) is 0 Å². The summed E-state index contributed by atoms with van der Waals surface area (Å²) >= 11 is 1.23. The highest BCUT2D eigenvalue weighted by molar-refractivity contribution is 7.10. The van der Waals surface area contributed by atoms with Crippen LogP contribution in [0.15, 0.2) is 0 Å². The minimum Gasteiger partial charge on any atom is -0.363 e. The molecule has 1 fully saturated rings. The molecule has 5 nitrogen and oxygen atoms in total. The number of aromatic nitrogens is 1. The fraction of sp³-hybridized carbons (Fsp3) is 0.500. The third-order valence-corrected chi connectivity index (χ3v) is 3.43. The van der Waals surface area contributed by atoms with Gasteiger partial charge < -0.3 is 10.6 Å². The van der Waals surface area contributed by atoms with Crippen molar-refractivity contribution < 1.29 is 4.79 Å². The first-order valence-electron chi connectivity index (χ1n) is 5.13. The highest BCUT2D eigenvalue weighted by atomic mass is 32.1. The Morgan fingerprint density at radius 1 is 1.69 bits per heavy atom. The molecular weight excluding hydrogens is 224 g/mol. The first kappa shape index (κ1) is 10.9. The third kappa shape index (κ3) is 1.99. The van der Waals surface area contributed by atoms with Gasteiger partial charge in [-0.1, -0.05) is 0 Å². The van der Waals surface area contributed by atoms with Crippen LogP contribution in [0, 0.1) is 18.3 Å². The number of hydrogen-bond donors (Lipinski definition) is 2. The van der Waals surface area contributed by atoms with Gasteiger partial charge in [0, 0.05) is 6.54 Å². The van der Waals surface area contributed by atoms with Crippen LogP contribution in [0.2, 0.25) is 0 Å². The van der Waals surface area contributed by atoms with E-state index in [9.17, 15) is 4.79 Å². The normalized spacial score (nSPS) is 20.0. The van der Waals surface area contributed by atoms with Crippen LogP contribution in [-0.2, 0) is 4.79 Å². The molecule has 0 radical (unpaired) electrons. The Morgan fingerprint density at radius 3 is 3.19 bits per heavy atom. The molecule has 16 heavy (non-hydrogen) atoms. The topological polar surface area (TPSA) is 77.8 Å². The number of nitrogens with zero attached hydrogens (tertiary/aromatic N) is 2. The highest BCUT2D eigenvalue weighted by Gasteiger charge is 2.23. The first-order chi connectivity index (χ1) is 7.72. The van der Waals surface area contributed by atoms with E-state index in [4.69, 9.17) is 5.26 Å². The van der Waals surface area contributed by atoms with Gasteiger partial charge in [0.2, 0.25) is 5.91 Å². The lowest BCUT2D eigenvalue weighted by molar-refractivity contribution is -0.123. The van der Waals surface area contributed by atoms with Gasteiger partial charge in [0.1, 0.15) is 22.7 Å². The molecule has 1 aliphatic heterocycles. The van der Waals surface area contributed by atoms with E-state index in [-0.39, 0.29) is 11.9 Å². The molecule has 1 aromatic rings. The predicted octanol–water partition coefficient (Wildman–Crippen LogP) is 1.01. The summed E-state index contributed by atoms with van der Waals surface area (Å²) < 4.78 is 4.10. The average molecular weight is 236 g/mol. The van der Waals surface area contributed by atoms with Gasteiger partial charge in [-0.15, -0.1) is 0 Å². The van der Waals surface area contributed by atoms with Gasteiger partial charge in [0.05, 0.1) is 5.69 Å². The largest absolute Gasteiger partial charge is 0.363 e. The molecule has 1 amide bonds. The van der Waals surface area contributed by atoms with Gasteiger partial charge in [0.25, 0.3) is 0 Å². The number of carbonyl (C=O) groups is 1. The van der Waals surface area contributed by atoms with Crippen molar-refractivity contribution in [1.29, 1.82) is 5.26 Å². The lowest BCUT2D eigenvalue weighted by Gasteiger charge is -2.22. The molecule has 0 aromatic carbocycles. The summed E-state index contributed by atoms with van der Waals surface area (Å²) in [4.78, 5) is 11.5.